The zero-order chi connectivity index (χ0) is 20.5. The second-order valence-electron chi connectivity index (χ2n) is 6.99. The number of carbonyl (C=O) groups excluding carboxylic acids is 2. The van der Waals surface area contributed by atoms with Gasteiger partial charge in [0.05, 0.1) is 17.9 Å². The molecule has 148 valence electrons. The van der Waals surface area contributed by atoms with Gasteiger partial charge in [0.2, 0.25) is 0 Å². The van der Waals surface area contributed by atoms with Crippen molar-refractivity contribution in [3.05, 3.63) is 71.1 Å². The maximum Gasteiger partial charge on any atom is 0.268 e. The molecule has 1 atom stereocenters. The van der Waals surface area contributed by atoms with E-state index in [0.29, 0.717) is 35.0 Å². The van der Waals surface area contributed by atoms with Crippen LogP contribution < -0.4 is 15.0 Å². The van der Waals surface area contributed by atoms with Crippen LogP contribution >= 0.6 is 0 Å². The molecule has 7 heteroatoms. The first-order valence-corrected chi connectivity index (χ1v) is 9.34. The molecule has 0 saturated carbocycles. The maximum absolute atomic E-state index is 12.9. The SMILES string of the molecule is Cc1noc(C)c1CN1C(=O)[C@H](C)Oc2ccc(NC(=O)c3ccccc3)cc21. The lowest BCUT2D eigenvalue weighted by atomic mass is 10.1. The number of nitrogens with zero attached hydrogens (tertiary/aromatic N) is 2. The lowest BCUT2D eigenvalue weighted by Gasteiger charge is -2.33. The molecule has 0 unspecified atom stereocenters. The fourth-order valence-electron chi connectivity index (χ4n) is 3.33. The van der Waals surface area contributed by atoms with Crippen LogP contribution in [-0.2, 0) is 11.3 Å². The van der Waals surface area contributed by atoms with E-state index < -0.39 is 6.10 Å². The predicted molar refractivity (Wildman–Crippen MR) is 108 cm³/mol. The van der Waals surface area contributed by atoms with Crippen molar-refractivity contribution >= 4 is 23.2 Å². The molecular formula is C22H21N3O4. The van der Waals surface area contributed by atoms with Gasteiger partial charge < -0.3 is 19.5 Å². The number of carbonyl (C=O) groups is 2. The van der Waals surface area contributed by atoms with Gasteiger partial charge in [-0.15, -0.1) is 0 Å². The number of amides is 2. The summed E-state index contributed by atoms with van der Waals surface area (Å²) in [5.74, 6) is 0.870. The maximum atomic E-state index is 12.9. The minimum absolute atomic E-state index is 0.163. The highest BCUT2D eigenvalue weighted by Crippen LogP contribution is 2.37. The van der Waals surface area contributed by atoms with Crippen LogP contribution in [0.3, 0.4) is 0 Å². The van der Waals surface area contributed by atoms with Gasteiger partial charge >= 0.3 is 0 Å². The summed E-state index contributed by atoms with van der Waals surface area (Å²) in [4.78, 5) is 27.0. The summed E-state index contributed by atoms with van der Waals surface area (Å²) in [5, 5.41) is 6.84. The summed E-state index contributed by atoms with van der Waals surface area (Å²) < 4.78 is 11.0. The molecule has 1 aliphatic rings. The van der Waals surface area contributed by atoms with Crippen LogP contribution in [-0.4, -0.2) is 23.1 Å². The summed E-state index contributed by atoms with van der Waals surface area (Å²) in [6.07, 6.45) is -0.604. The Balaban J connectivity index is 1.66. The molecular weight excluding hydrogens is 370 g/mol. The van der Waals surface area contributed by atoms with Gasteiger partial charge in [0.25, 0.3) is 11.8 Å². The number of aromatic nitrogens is 1. The molecule has 7 nitrogen and oxygen atoms in total. The zero-order valence-corrected chi connectivity index (χ0v) is 16.4. The molecule has 0 radical (unpaired) electrons. The number of rotatable bonds is 4. The van der Waals surface area contributed by atoms with Crippen LogP contribution in [0.2, 0.25) is 0 Å². The molecule has 0 spiro atoms. The Bertz CT molecular complexity index is 1060. The minimum Gasteiger partial charge on any atom is -0.479 e. The third kappa shape index (κ3) is 3.59. The number of aryl methyl sites for hydroxylation is 2. The van der Waals surface area contributed by atoms with Gasteiger partial charge in [0.1, 0.15) is 11.5 Å². The largest absolute Gasteiger partial charge is 0.479 e. The second-order valence-corrected chi connectivity index (χ2v) is 6.99. The Kier molecular flexibility index (Phi) is 4.80. The van der Waals surface area contributed by atoms with Gasteiger partial charge in [-0.25, -0.2) is 0 Å². The first kappa shape index (κ1) is 18.7. The molecule has 2 aromatic carbocycles. The topological polar surface area (TPSA) is 84.7 Å². The number of benzene rings is 2. The number of nitrogens with one attached hydrogen (secondary N) is 1. The number of hydrogen-bond donors (Lipinski definition) is 1. The number of fused-ring (bicyclic) bond motifs is 1. The molecule has 1 aromatic heterocycles. The van der Waals surface area contributed by atoms with Gasteiger partial charge in [-0.3, -0.25) is 9.59 Å². The molecule has 3 aromatic rings. The van der Waals surface area contributed by atoms with Crippen molar-refractivity contribution in [2.45, 2.75) is 33.4 Å². The molecule has 1 N–H and O–H groups in total. The summed E-state index contributed by atoms with van der Waals surface area (Å²) in [6, 6.07) is 14.2. The third-order valence-electron chi connectivity index (χ3n) is 4.96. The quantitative estimate of drug-likeness (QED) is 0.730. The van der Waals surface area contributed by atoms with Crippen molar-refractivity contribution in [2.24, 2.45) is 0 Å². The highest BCUT2D eigenvalue weighted by molar-refractivity contribution is 6.05. The fraction of sp³-hybridized carbons (Fsp3) is 0.227. The molecule has 4 rings (SSSR count). The summed E-state index contributed by atoms with van der Waals surface area (Å²) >= 11 is 0. The first-order chi connectivity index (χ1) is 13.9. The van der Waals surface area contributed by atoms with E-state index in [1.165, 1.54) is 0 Å². The minimum atomic E-state index is -0.604. The smallest absolute Gasteiger partial charge is 0.268 e. The average Bonchev–Trinajstić information content (AvgIpc) is 3.04. The molecule has 0 aliphatic carbocycles. The third-order valence-corrected chi connectivity index (χ3v) is 4.96. The molecule has 0 fully saturated rings. The Morgan fingerprint density at radius 1 is 1.17 bits per heavy atom. The fourth-order valence-corrected chi connectivity index (χ4v) is 3.33. The van der Waals surface area contributed by atoms with E-state index in [2.05, 4.69) is 10.5 Å². The Hall–Kier alpha value is -3.61. The van der Waals surface area contributed by atoms with Gasteiger partial charge in [-0.1, -0.05) is 23.4 Å². The lowest BCUT2D eigenvalue weighted by molar-refractivity contribution is -0.125. The van der Waals surface area contributed by atoms with E-state index in [-0.39, 0.29) is 11.8 Å². The Labute approximate surface area is 168 Å². The van der Waals surface area contributed by atoms with Gasteiger partial charge in [-0.05, 0) is 51.1 Å². The van der Waals surface area contributed by atoms with Crippen LogP contribution in [0.1, 0.15) is 34.3 Å². The number of hydrogen-bond acceptors (Lipinski definition) is 5. The molecule has 2 amide bonds. The van der Waals surface area contributed by atoms with Crippen molar-refractivity contribution in [1.82, 2.24) is 5.16 Å². The van der Waals surface area contributed by atoms with E-state index >= 15 is 0 Å². The van der Waals surface area contributed by atoms with Crippen LogP contribution in [0.25, 0.3) is 0 Å². The standard InChI is InChI=1S/C22H21N3O4/c1-13-18(14(2)29-24-13)12-25-19-11-17(9-10-20(19)28-15(3)22(25)27)23-21(26)16-7-5-4-6-8-16/h4-11,15H,12H2,1-3H3,(H,23,26)/t15-/m0/s1. The number of ether oxygens (including phenoxy) is 1. The number of anilines is 2. The average molecular weight is 391 g/mol. The van der Waals surface area contributed by atoms with Crippen molar-refractivity contribution in [1.29, 1.82) is 0 Å². The summed E-state index contributed by atoms with van der Waals surface area (Å²) in [7, 11) is 0. The second kappa shape index (κ2) is 7.43. The van der Waals surface area contributed by atoms with Crippen molar-refractivity contribution < 1.29 is 18.8 Å². The monoisotopic (exact) mass is 391 g/mol. The molecule has 2 heterocycles. The Morgan fingerprint density at radius 3 is 2.62 bits per heavy atom. The Morgan fingerprint density at radius 2 is 1.93 bits per heavy atom. The zero-order valence-electron chi connectivity index (χ0n) is 16.4. The highest BCUT2D eigenvalue weighted by Gasteiger charge is 2.33. The van der Waals surface area contributed by atoms with Crippen LogP contribution in [0.4, 0.5) is 11.4 Å². The van der Waals surface area contributed by atoms with Crippen molar-refractivity contribution in [3.63, 3.8) is 0 Å². The van der Waals surface area contributed by atoms with Gasteiger partial charge in [-0.2, -0.15) is 0 Å². The summed E-state index contributed by atoms with van der Waals surface area (Å²) in [5.41, 5.74) is 3.33. The van der Waals surface area contributed by atoms with E-state index in [1.54, 1.807) is 54.3 Å². The van der Waals surface area contributed by atoms with E-state index in [4.69, 9.17) is 9.26 Å². The van der Waals surface area contributed by atoms with Gasteiger partial charge in [0.15, 0.2) is 6.10 Å². The molecule has 1 aliphatic heterocycles. The van der Waals surface area contributed by atoms with E-state index in [0.717, 1.165) is 11.3 Å². The molecule has 29 heavy (non-hydrogen) atoms. The highest BCUT2D eigenvalue weighted by atomic mass is 16.5. The van der Waals surface area contributed by atoms with Crippen molar-refractivity contribution in [2.75, 3.05) is 10.2 Å². The van der Waals surface area contributed by atoms with Gasteiger partial charge in [0, 0.05) is 16.8 Å². The van der Waals surface area contributed by atoms with Crippen LogP contribution in [0.15, 0.2) is 53.1 Å². The predicted octanol–water partition coefficient (Wildman–Crippen LogP) is 3.86. The van der Waals surface area contributed by atoms with E-state index in [9.17, 15) is 9.59 Å². The van der Waals surface area contributed by atoms with E-state index in [1.807, 2.05) is 19.9 Å². The molecule has 0 saturated heterocycles. The molecule has 0 bridgehead atoms. The van der Waals surface area contributed by atoms with Crippen molar-refractivity contribution in [3.8, 4) is 5.75 Å². The van der Waals surface area contributed by atoms with Crippen LogP contribution in [0.5, 0.6) is 5.75 Å². The normalized spacial score (nSPS) is 15.6. The van der Waals surface area contributed by atoms with Crippen LogP contribution in [0, 0.1) is 13.8 Å². The first-order valence-electron chi connectivity index (χ1n) is 9.34. The summed E-state index contributed by atoms with van der Waals surface area (Å²) in [6.45, 7) is 5.70. The lowest BCUT2D eigenvalue weighted by Crippen LogP contribution is -2.44.